The number of hydrogen-bond acceptors (Lipinski definition) is 5. The summed E-state index contributed by atoms with van der Waals surface area (Å²) >= 11 is 1.50. The third-order valence-electron chi connectivity index (χ3n) is 4.28. The highest BCUT2D eigenvalue weighted by Gasteiger charge is 2.10. The summed E-state index contributed by atoms with van der Waals surface area (Å²) in [5, 5.41) is 5.74. The van der Waals surface area contributed by atoms with E-state index in [1.807, 2.05) is 52.5 Å². The smallest absolute Gasteiger partial charge is 0.226 e. The molecule has 0 aliphatic carbocycles. The molecule has 28 heavy (non-hydrogen) atoms. The highest BCUT2D eigenvalue weighted by Crippen LogP contribution is 2.21. The number of thiazole rings is 1. The molecule has 140 valence electrons. The molecule has 0 spiro atoms. The van der Waals surface area contributed by atoms with Crippen molar-refractivity contribution < 1.29 is 4.79 Å². The van der Waals surface area contributed by atoms with Crippen LogP contribution in [0.25, 0.3) is 10.7 Å². The van der Waals surface area contributed by atoms with Gasteiger partial charge in [0.15, 0.2) is 0 Å². The fourth-order valence-electron chi connectivity index (χ4n) is 2.88. The number of rotatable bonds is 7. The number of benzene rings is 1. The van der Waals surface area contributed by atoms with Crippen molar-refractivity contribution in [1.82, 2.24) is 24.8 Å². The van der Waals surface area contributed by atoms with Crippen molar-refractivity contribution in [2.24, 2.45) is 0 Å². The van der Waals surface area contributed by atoms with Crippen LogP contribution in [0.5, 0.6) is 0 Å². The Hall–Kier alpha value is -3.32. The van der Waals surface area contributed by atoms with E-state index >= 15 is 0 Å². The Bertz CT molecular complexity index is 1040. The Morgan fingerprint density at radius 2 is 1.93 bits per heavy atom. The normalized spacial score (nSPS) is 10.7. The van der Waals surface area contributed by atoms with Crippen LogP contribution in [-0.4, -0.2) is 25.4 Å². The number of imidazole rings is 1. The molecule has 0 bridgehead atoms. The van der Waals surface area contributed by atoms with E-state index in [4.69, 9.17) is 0 Å². The first-order valence-corrected chi connectivity index (χ1v) is 9.81. The Morgan fingerprint density at radius 3 is 2.71 bits per heavy atom. The largest absolute Gasteiger partial charge is 0.352 e. The summed E-state index contributed by atoms with van der Waals surface area (Å²) in [5.74, 6) is -0.0460. The SMILES string of the molecule is O=C(Cc1csc(-c2ccccn2)n1)NCc1ccccc1Cn1ccnc1. The second-order valence-electron chi connectivity index (χ2n) is 6.32. The van der Waals surface area contributed by atoms with Crippen LogP contribution in [0, 0.1) is 0 Å². The van der Waals surface area contributed by atoms with Crippen LogP contribution in [-0.2, 0) is 24.3 Å². The van der Waals surface area contributed by atoms with E-state index in [2.05, 4.69) is 26.3 Å². The lowest BCUT2D eigenvalue weighted by atomic mass is 10.1. The van der Waals surface area contributed by atoms with E-state index in [9.17, 15) is 4.79 Å². The van der Waals surface area contributed by atoms with E-state index in [1.165, 1.54) is 11.3 Å². The number of carbonyl (C=O) groups excluding carboxylic acids is 1. The summed E-state index contributed by atoms with van der Waals surface area (Å²) in [6, 6.07) is 13.8. The molecule has 4 rings (SSSR count). The molecule has 0 saturated heterocycles. The standard InChI is InChI=1S/C21H19N5OS/c27-20(11-18-14-28-21(25-18)19-7-3-4-8-23-19)24-12-16-5-1-2-6-17(16)13-26-10-9-22-15-26/h1-10,14-15H,11-13H2,(H,24,27). The Kier molecular flexibility index (Phi) is 5.53. The van der Waals surface area contributed by atoms with Crippen LogP contribution in [0.3, 0.4) is 0 Å². The monoisotopic (exact) mass is 389 g/mol. The van der Waals surface area contributed by atoms with Crippen molar-refractivity contribution >= 4 is 17.2 Å². The van der Waals surface area contributed by atoms with E-state index < -0.39 is 0 Å². The average Bonchev–Trinajstić information content (AvgIpc) is 3.40. The minimum absolute atomic E-state index is 0.0460. The summed E-state index contributed by atoms with van der Waals surface area (Å²) in [6.07, 6.45) is 7.47. The minimum Gasteiger partial charge on any atom is -0.352 e. The fourth-order valence-corrected chi connectivity index (χ4v) is 3.67. The van der Waals surface area contributed by atoms with E-state index in [0.717, 1.165) is 34.1 Å². The van der Waals surface area contributed by atoms with Crippen molar-refractivity contribution in [3.05, 3.63) is 89.6 Å². The number of pyridine rings is 1. The van der Waals surface area contributed by atoms with Crippen LogP contribution in [0.2, 0.25) is 0 Å². The van der Waals surface area contributed by atoms with Gasteiger partial charge in [-0.05, 0) is 23.3 Å². The van der Waals surface area contributed by atoms with E-state index in [1.54, 1.807) is 18.7 Å². The predicted molar refractivity (Wildman–Crippen MR) is 109 cm³/mol. The van der Waals surface area contributed by atoms with Crippen LogP contribution in [0.4, 0.5) is 0 Å². The van der Waals surface area contributed by atoms with Gasteiger partial charge < -0.3 is 9.88 Å². The summed E-state index contributed by atoms with van der Waals surface area (Å²) in [4.78, 5) is 25.3. The predicted octanol–water partition coefficient (Wildman–Crippen LogP) is 3.31. The first-order chi connectivity index (χ1) is 13.8. The third kappa shape index (κ3) is 4.50. The number of amides is 1. The molecule has 0 unspecified atom stereocenters. The molecule has 0 saturated carbocycles. The lowest BCUT2D eigenvalue weighted by molar-refractivity contribution is -0.120. The maximum atomic E-state index is 12.4. The second-order valence-corrected chi connectivity index (χ2v) is 7.17. The lowest BCUT2D eigenvalue weighted by Gasteiger charge is -2.11. The van der Waals surface area contributed by atoms with Crippen molar-refractivity contribution in [1.29, 1.82) is 0 Å². The molecule has 1 aromatic carbocycles. The molecule has 0 fully saturated rings. The molecule has 1 amide bonds. The topological polar surface area (TPSA) is 72.7 Å². The van der Waals surface area contributed by atoms with Gasteiger partial charge in [0.1, 0.15) is 5.01 Å². The van der Waals surface area contributed by atoms with Gasteiger partial charge >= 0.3 is 0 Å². The van der Waals surface area contributed by atoms with Gasteiger partial charge in [0.05, 0.1) is 24.1 Å². The number of hydrogen-bond donors (Lipinski definition) is 1. The highest BCUT2D eigenvalue weighted by molar-refractivity contribution is 7.13. The quantitative estimate of drug-likeness (QED) is 0.526. The maximum absolute atomic E-state index is 12.4. The van der Waals surface area contributed by atoms with Crippen molar-refractivity contribution in [3.8, 4) is 10.7 Å². The van der Waals surface area contributed by atoms with Crippen molar-refractivity contribution in [2.45, 2.75) is 19.5 Å². The zero-order valence-electron chi connectivity index (χ0n) is 15.2. The molecule has 1 N–H and O–H groups in total. The number of carbonyl (C=O) groups is 1. The fraction of sp³-hybridized carbons (Fsp3) is 0.143. The Morgan fingerprint density at radius 1 is 1.07 bits per heavy atom. The second kappa shape index (κ2) is 8.58. The number of aromatic nitrogens is 4. The summed E-state index contributed by atoms with van der Waals surface area (Å²) in [6.45, 7) is 1.21. The number of nitrogens with one attached hydrogen (secondary N) is 1. The molecule has 3 aromatic heterocycles. The molecular formula is C21H19N5OS. The number of nitrogens with zero attached hydrogens (tertiary/aromatic N) is 4. The Labute approximate surface area is 166 Å². The molecule has 7 heteroatoms. The van der Waals surface area contributed by atoms with Gasteiger partial charge in [0.25, 0.3) is 0 Å². The third-order valence-corrected chi connectivity index (χ3v) is 5.20. The minimum atomic E-state index is -0.0460. The van der Waals surface area contributed by atoms with Crippen LogP contribution in [0.15, 0.2) is 72.8 Å². The van der Waals surface area contributed by atoms with Gasteiger partial charge in [0, 0.05) is 37.1 Å². The molecule has 0 aliphatic heterocycles. The van der Waals surface area contributed by atoms with Gasteiger partial charge in [0.2, 0.25) is 5.91 Å². The van der Waals surface area contributed by atoms with Gasteiger partial charge in [-0.1, -0.05) is 30.3 Å². The van der Waals surface area contributed by atoms with Gasteiger partial charge in [-0.25, -0.2) is 9.97 Å². The summed E-state index contributed by atoms with van der Waals surface area (Å²) in [5.41, 5.74) is 3.84. The maximum Gasteiger partial charge on any atom is 0.226 e. The molecular weight excluding hydrogens is 370 g/mol. The van der Waals surface area contributed by atoms with Gasteiger partial charge in [-0.15, -0.1) is 11.3 Å². The van der Waals surface area contributed by atoms with Gasteiger partial charge in [-0.2, -0.15) is 0 Å². The van der Waals surface area contributed by atoms with E-state index in [0.29, 0.717) is 6.54 Å². The zero-order valence-corrected chi connectivity index (χ0v) is 16.0. The summed E-state index contributed by atoms with van der Waals surface area (Å²) in [7, 11) is 0. The Balaban J connectivity index is 1.36. The van der Waals surface area contributed by atoms with Crippen molar-refractivity contribution in [2.75, 3.05) is 0 Å². The van der Waals surface area contributed by atoms with Gasteiger partial charge in [-0.3, -0.25) is 9.78 Å². The molecule has 0 aliphatic rings. The molecule has 6 nitrogen and oxygen atoms in total. The molecule has 3 heterocycles. The summed E-state index contributed by atoms with van der Waals surface area (Å²) < 4.78 is 2.01. The first-order valence-electron chi connectivity index (χ1n) is 8.93. The molecule has 4 aromatic rings. The zero-order chi connectivity index (χ0) is 19.2. The highest BCUT2D eigenvalue weighted by atomic mass is 32.1. The van der Waals surface area contributed by atoms with Crippen LogP contribution < -0.4 is 5.32 Å². The first kappa shape index (κ1) is 18.1. The molecule has 0 radical (unpaired) electrons. The average molecular weight is 389 g/mol. The molecule has 0 atom stereocenters. The van der Waals surface area contributed by atoms with Crippen LogP contribution >= 0.6 is 11.3 Å². The van der Waals surface area contributed by atoms with E-state index in [-0.39, 0.29) is 12.3 Å². The van der Waals surface area contributed by atoms with Crippen LogP contribution in [0.1, 0.15) is 16.8 Å². The lowest BCUT2D eigenvalue weighted by Crippen LogP contribution is -2.25. The van der Waals surface area contributed by atoms with Crippen molar-refractivity contribution in [3.63, 3.8) is 0 Å².